The minimum atomic E-state index is -2.19. The minimum absolute atomic E-state index is 0.000981. The highest BCUT2D eigenvalue weighted by atomic mass is 127. The molecule has 0 radical (unpaired) electrons. The van der Waals surface area contributed by atoms with E-state index >= 15 is 0 Å². The molecule has 0 aliphatic carbocycles. The van der Waals surface area contributed by atoms with E-state index in [4.69, 9.17) is 62.6 Å². The van der Waals surface area contributed by atoms with Crippen LogP contribution in [0.2, 0.25) is 0 Å². The summed E-state index contributed by atoms with van der Waals surface area (Å²) in [5, 5.41) is 77.5. The maximum Gasteiger partial charge on any atom is 0.280 e. The predicted octanol–water partition coefficient (Wildman–Crippen LogP) is -1.17. The van der Waals surface area contributed by atoms with Crippen LogP contribution in [0.3, 0.4) is 0 Å². The summed E-state index contributed by atoms with van der Waals surface area (Å²) in [4.78, 5) is 117. The molecule has 5 saturated heterocycles. The van der Waals surface area contributed by atoms with Crippen molar-refractivity contribution < 1.29 is 81.4 Å². The highest BCUT2D eigenvalue weighted by Gasteiger charge is 2.58. The molecule has 49 nitrogen and oxygen atoms in total. The maximum atomic E-state index is 14.6. The number of H-pyrrole nitrogens is 5. The van der Waals surface area contributed by atoms with E-state index < -0.39 is 157 Å². The van der Waals surface area contributed by atoms with E-state index in [1.165, 1.54) is 32.7 Å². The molecule has 55 heteroatoms. The Morgan fingerprint density at radius 1 is 0.519 bits per heavy atom. The minimum Gasteiger partial charge on any atom is -0.469 e. The molecule has 574 valence electrons. The Balaban J connectivity index is 0.000000135. The SMILES string of the molecule is C=C1O[C@@H](n2cnc3c(=O)[nH]c(C)nc32)[C@H](F)[C@@H]1O.CC[C@@]1(N=[N+]=[N-])O[C@@H](n2cnc3c(=O)[nH]c(N)nc32)[C@H](F)[C@@H]1O.Cc1nc2c(ncn2[C@@H]2O[C@@](CI)(N=[N+]=[N-])[C@@H](O)[C@H]2F)c(=O)[nH]1.Nc1nc2c(ncn2[C@@H]2O[C@H](CO)[C@@H](O)[C@H]2F)c(=O)[nH]1.[N-]=[N+]=N[C@]1(CO)O[C@@H](n2cnc3c(=O)[nH]c(N)nc32)[C@H](F)[C@@H]1O. The summed E-state index contributed by atoms with van der Waals surface area (Å²) in [6.07, 6.45) is -19.2. The Morgan fingerprint density at radius 2 is 0.843 bits per heavy atom. The lowest BCUT2D eigenvalue weighted by atomic mass is 10.0. The van der Waals surface area contributed by atoms with Crippen molar-refractivity contribution in [3.8, 4) is 0 Å². The Morgan fingerprint density at radius 3 is 1.19 bits per heavy atom. The lowest BCUT2D eigenvalue weighted by Crippen LogP contribution is -2.43. The van der Waals surface area contributed by atoms with Crippen LogP contribution in [0.4, 0.5) is 39.8 Å². The van der Waals surface area contributed by atoms with Gasteiger partial charge in [-0.2, -0.15) is 15.0 Å². The zero-order valence-corrected chi connectivity index (χ0v) is 57.3. The second-order valence-electron chi connectivity index (χ2n) is 23.8. The average Bonchev–Trinajstić information content (AvgIpc) is 1.62. The molecule has 15 heterocycles. The number of nitrogens with two attached hydrogens (primary N) is 3. The number of nitrogen functional groups attached to an aromatic ring is 3. The standard InChI is InChI=1S/C11H11FIN7O3.C11H13FN8O3.C11H11FN4O3.C10H11FN8O4.C10H12FN5O4/c1-4-16-8-6(9(22)17-4)15-3-20(8)10-5(12)7(21)11(2-13,23-10)18-19-14;1-2-11(18-19-14)6(21)4(12)9(23-11)20-3-15-5-7(20)16-10(13)17-8(5)22;1-4-8(17)6(12)11(19-4)16-3-13-7-9(16)14-5(2)15-10(7)18;11-3-5(21)10(1-20,17-18-13)23-8(3)19-2-14-4-6(19)15-9(12)16-7(4)22;11-4-6(18)3(1-17)20-9(4)16-2-13-5-7(16)14-10(12)15-8(5)19/h3,5,7,10,21H,2H2,1H3,(H,16,17,22);3-4,6,9,21H,2H2,1H3,(H3,13,16,17,22);3,6,8,11,17H,1H2,2H3,(H,14,15,18);2-3,5,8,20-21H,1H2,(H3,12,15,16,22);2-4,6,9,17-18H,1H2,(H3,12,14,15,19)/t5-,7+,10-,11-;4-,6+,9-,11-;6-,8-,11-;3-,5+,8-,10-;3-,4-,6-,9-/m11111/s1. The smallest absolute Gasteiger partial charge is 0.280 e. The molecule has 19 atom stereocenters. The molecule has 5 fully saturated rings. The third-order valence-electron chi connectivity index (χ3n) is 17.1. The largest absolute Gasteiger partial charge is 0.469 e. The van der Waals surface area contributed by atoms with Crippen molar-refractivity contribution >= 4 is 96.3 Å². The number of fused-ring (bicyclic) bond motifs is 5. The first-order valence-corrected chi connectivity index (χ1v) is 32.5. The topological polar surface area (TPSA) is 730 Å². The molecule has 5 aliphatic heterocycles. The molecule has 10 aromatic rings. The van der Waals surface area contributed by atoms with Gasteiger partial charge in [0, 0.05) is 19.2 Å². The first-order chi connectivity index (χ1) is 51.3. The average molecular weight is 1640 g/mol. The van der Waals surface area contributed by atoms with Gasteiger partial charge in [-0.3, -0.25) is 61.8 Å². The first kappa shape index (κ1) is 77.7. The number of nitrogens with one attached hydrogen (secondary N) is 5. The number of aromatic amines is 5. The van der Waals surface area contributed by atoms with Gasteiger partial charge in [-0.25, -0.2) is 56.8 Å². The van der Waals surface area contributed by atoms with Crippen LogP contribution >= 0.6 is 22.6 Å². The summed E-state index contributed by atoms with van der Waals surface area (Å²) in [7, 11) is 0. The fraction of sp³-hybridized carbons (Fsp3) is 0.491. The van der Waals surface area contributed by atoms with Gasteiger partial charge in [0.1, 0.15) is 60.4 Å². The van der Waals surface area contributed by atoms with Crippen molar-refractivity contribution in [2.24, 2.45) is 15.3 Å². The normalized spacial score (nSPS) is 29.8. The quantitative estimate of drug-likeness (QED) is 0.0171. The van der Waals surface area contributed by atoms with Crippen LogP contribution in [-0.4, -0.2) is 236 Å². The number of azide groups is 3. The third kappa shape index (κ3) is 13.7. The van der Waals surface area contributed by atoms with Crippen LogP contribution in [-0.2, 0) is 23.7 Å². The van der Waals surface area contributed by atoms with Gasteiger partial charge >= 0.3 is 0 Å². The number of alkyl halides is 6. The van der Waals surface area contributed by atoms with Crippen molar-refractivity contribution in [1.82, 2.24) is 97.6 Å². The van der Waals surface area contributed by atoms with Crippen molar-refractivity contribution in [2.75, 3.05) is 34.8 Å². The van der Waals surface area contributed by atoms with E-state index in [0.29, 0.717) is 11.6 Å². The number of hydrogen-bond acceptors (Lipinski definition) is 33. The van der Waals surface area contributed by atoms with Gasteiger partial charge in [0.15, 0.2) is 123 Å². The van der Waals surface area contributed by atoms with Gasteiger partial charge in [-0.05, 0) is 36.9 Å². The summed E-state index contributed by atoms with van der Waals surface area (Å²) in [5.41, 5.74) is 34.1. The lowest BCUT2D eigenvalue weighted by molar-refractivity contribution is -0.122. The summed E-state index contributed by atoms with van der Waals surface area (Å²) < 4.78 is 104. The number of halogens is 6. The van der Waals surface area contributed by atoms with E-state index in [0.717, 1.165) is 21.8 Å². The van der Waals surface area contributed by atoms with Gasteiger partial charge in [0.25, 0.3) is 27.8 Å². The van der Waals surface area contributed by atoms with Crippen LogP contribution in [0.15, 0.2) is 83.3 Å². The number of ether oxygens (including phenoxy) is 5. The van der Waals surface area contributed by atoms with Crippen LogP contribution in [0.1, 0.15) is 56.1 Å². The molecule has 108 heavy (non-hydrogen) atoms. The van der Waals surface area contributed by atoms with E-state index in [2.05, 4.69) is 111 Å². The summed E-state index contributed by atoms with van der Waals surface area (Å²) >= 11 is 1.84. The second kappa shape index (κ2) is 30.4. The molecular formula is C53H58F5IN32O17. The number of hydrogen-bond donors (Lipinski definition) is 15. The zero-order chi connectivity index (χ0) is 78.5. The van der Waals surface area contributed by atoms with Crippen molar-refractivity contribution in [2.45, 2.75) is 143 Å². The van der Waals surface area contributed by atoms with Crippen LogP contribution in [0.5, 0.6) is 0 Å². The van der Waals surface area contributed by atoms with E-state index in [1.54, 1.807) is 20.8 Å². The third-order valence-corrected chi connectivity index (χ3v) is 18.2. The number of aliphatic hydroxyl groups is 7. The Labute approximate surface area is 604 Å². The van der Waals surface area contributed by atoms with Crippen LogP contribution in [0, 0.1) is 13.8 Å². The Kier molecular flexibility index (Phi) is 21.9. The molecule has 18 N–H and O–H groups in total. The van der Waals surface area contributed by atoms with E-state index in [1.807, 2.05) is 22.6 Å². The Bertz CT molecular complexity index is 5220. The number of aliphatic hydroxyl groups excluding tert-OH is 7. The number of anilines is 3. The fourth-order valence-electron chi connectivity index (χ4n) is 11.8. The fourth-order valence-corrected chi connectivity index (χ4v) is 12.5. The zero-order valence-electron chi connectivity index (χ0n) is 55.1. The molecule has 0 unspecified atom stereocenters. The van der Waals surface area contributed by atoms with Gasteiger partial charge in [-0.1, -0.05) is 51.4 Å². The van der Waals surface area contributed by atoms with Gasteiger partial charge in [0.2, 0.25) is 29.8 Å². The first-order valence-electron chi connectivity index (χ1n) is 31.0. The highest BCUT2D eigenvalue weighted by Crippen LogP contribution is 2.45. The number of aryl methyl sites for hydroxylation is 2. The molecule has 0 bridgehead atoms. The van der Waals surface area contributed by atoms with Crippen molar-refractivity contribution in [1.29, 1.82) is 0 Å². The van der Waals surface area contributed by atoms with Gasteiger partial charge < -0.3 is 86.6 Å². The Hall–Kier alpha value is -11.4. The summed E-state index contributed by atoms with van der Waals surface area (Å²) in [6, 6.07) is 0. The predicted molar refractivity (Wildman–Crippen MR) is 360 cm³/mol. The monoisotopic (exact) mass is 1640 g/mol. The van der Waals surface area contributed by atoms with Crippen molar-refractivity contribution in [3.05, 3.63) is 139 Å². The molecule has 0 spiro atoms. The van der Waals surface area contributed by atoms with Crippen LogP contribution < -0.4 is 45.0 Å². The molecule has 0 amide bonds. The highest BCUT2D eigenvalue weighted by molar-refractivity contribution is 14.1. The molecule has 5 aliphatic rings. The number of nitrogens with zero attached hydrogens (tertiary/aromatic N) is 24. The maximum absolute atomic E-state index is 14.6. The van der Waals surface area contributed by atoms with Crippen LogP contribution in [0.25, 0.3) is 87.1 Å². The molecule has 0 saturated carbocycles. The van der Waals surface area contributed by atoms with E-state index in [-0.39, 0.29) is 90.3 Å². The number of aromatic nitrogens is 20. The van der Waals surface area contributed by atoms with Gasteiger partial charge in [-0.15, -0.1) is 0 Å². The second-order valence-corrected chi connectivity index (χ2v) is 24.5. The summed E-state index contributed by atoms with van der Waals surface area (Å²) in [6.45, 7) is 6.72. The van der Waals surface area contributed by atoms with Crippen molar-refractivity contribution in [3.63, 3.8) is 0 Å². The van der Waals surface area contributed by atoms with E-state index in [9.17, 15) is 76.6 Å². The molecule has 0 aromatic carbocycles. The molecule has 15 rings (SSSR count). The summed E-state index contributed by atoms with van der Waals surface area (Å²) in [5.74, 6) is 0.120. The lowest BCUT2D eigenvalue weighted by Gasteiger charge is -2.24. The van der Waals surface area contributed by atoms with Gasteiger partial charge in [0.05, 0.1) is 38.5 Å². The molecule has 10 aromatic heterocycles. The number of rotatable bonds is 12. The number of imidazole rings is 5. The molecular weight excluding hydrogens is 1580 g/mol.